The summed E-state index contributed by atoms with van der Waals surface area (Å²) in [6.45, 7) is 0.371. The second kappa shape index (κ2) is 5.66. The maximum Gasteiger partial charge on any atom is 0.231 e. The minimum absolute atomic E-state index is 0.0986. The molecule has 5 heteroatoms. The van der Waals surface area contributed by atoms with Crippen LogP contribution in [0.5, 0.6) is 5.75 Å². The average Bonchev–Trinajstić information content (AvgIpc) is 2.49. The van der Waals surface area contributed by atoms with E-state index in [2.05, 4.69) is 5.32 Å². The number of anilines is 2. The molecule has 3 rings (SSSR count). The van der Waals surface area contributed by atoms with Crippen LogP contribution in [0.1, 0.15) is 5.56 Å². The maximum absolute atomic E-state index is 12.3. The van der Waals surface area contributed by atoms with E-state index in [0.717, 1.165) is 11.3 Å². The van der Waals surface area contributed by atoms with Crippen molar-refractivity contribution in [3.63, 3.8) is 0 Å². The smallest absolute Gasteiger partial charge is 0.231 e. The number of rotatable bonds is 2. The number of nitrogens with one attached hydrogen (secondary N) is 1. The first kappa shape index (κ1) is 13.8. The molecule has 1 unspecified atom stereocenters. The summed E-state index contributed by atoms with van der Waals surface area (Å²) in [4.78, 5) is 12.3. The van der Waals surface area contributed by atoms with Crippen molar-refractivity contribution in [2.45, 2.75) is 6.42 Å². The highest BCUT2D eigenvalue weighted by Gasteiger charge is 2.26. The number of ether oxygens (including phenoxy) is 1. The monoisotopic (exact) mass is 302 g/mol. The van der Waals surface area contributed by atoms with Crippen LogP contribution in [0, 0.1) is 5.92 Å². The fourth-order valence-corrected chi connectivity index (χ4v) is 2.56. The van der Waals surface area contributed by atoms with Crippen LogP contribution in [0.3, 0.4) is 0 Å². The van der Waals surface area contributed by atoms with Crippen molar-refractivity contribution in [1.82, 2.24) is 0 Å². The Balaban J connectivity index is 1.72. The van der Waals surface area contributed by atoms with E-state index in [1.54, 1.807) is 18.2 Å². The molecular formula is C16H15ClN2O2. The minimum Gasteiger partial charge on any atom is -0.492 e. The molecule has 0 fully saturated rings. The Morgan fingerprint density at radius 3 is 2.90 bits per heavy atom. The zero-order valence-corrected chi connectivity index (χ0v) is 12.1. The van der Waals surface area contributed by atoms with E-state index < -0.39 is 0 Å². The van der Waals surface area contributed by atoms with Crippen molar-refractivity contribution >= 4 is 28.9 Å². The molecule has 1 aliphatic heterocycles. The van der Waals surface area contributed by atoms with Crippen LogP contribution < -0.4 is 15.8 Å². The van der Waals surface area contributed by atoms with E-state index in [1.165, 1.54) is 0 Å². The Morgan fingerprint density at radius 2 is 2.10 bits per heavy atom. The molecule has 4 nitrogen and oxygen atoms in total. The molecule has 3 N–H and O–H groups in total. The van der Waals surface area contributed by atoms with Gasteiger partial charge in [0.1, 0.15) is 12.4 Å². The summed E-state index contributed by atoms with van der Waals surface area (Å²) in [5.74, 6) is 0.529. The Kier molecular flexibility index (Phi) is 3.71. The van der Waals surface area contributed by atoms with Crippen molar-refractivity contribution in [1.29, 1.82) is 0 Å². The van der Waals surface area contributed by atoms with E-state index in [4.69, 9.17) is 22.1 Å². The molecule has 0 radical (unpaired) electrons. The van der Waals surface area contributed by atoms with Crippen LogP contribution in [0.25, 0.3) is 0 Å². The molecular weight excluding hydrogens is 288 g/mol. The zero-order valence-electron chi connectivity index (χ0n) is 11.3. The van der Waals surface area contributed by atoms with Gasteiger partial charge in [-0.05, 0) is 36.2 Å². The summed E-state index contributed by atoms with van der Waals surface area (Å²) in [6.07, 6.45) is 0.662. The van der Waals surface area contributed by atoms with Crippen LogP contribution in [0.2, 0.25) is 5.02 Å². The van der Waals surface area contributed by atoms with E-state index in [0.29, 0.717) is 29.4 Å². The molecule has 1 aliphatic rings. The topological polar surface area (TPSA) is 64.3 Å². The lowest BCUT2D eigenvalue weighted by molar-refractivity contribution is -0.121. The molecule has 2 aromatic rings. The number of nitrogen functional groups attached to an aromatic ring is 1. The molecule has 1 heterocycles. The Bertz CT molecular complexity index is 688. The third-order valence-corrected chi connectivity index (χ3v) is 3.76. The molecule has 0 aromatic heterocycles. The van der Waals surface area contributed by atoms with Gasteiger partial charge >= 0.3 is 0 Å². The number of halogens is 1. The lowest BCUT2D eigenvalue weighted by atomic mass is 9.96. The standard InChI is InChI=1S/C16H15ClN2O2/c17-12-5-6-14(13(18)8-12)19-16(20)11-7-10-3-1-2-4-15(10)21-9-11/h1-6,8,11H,7,9,18H2,(H,19,20). The van der Waals surface area contributed by atoms with E-state index in [9.17, 15) is 4.79 Å². The maximum atomic E-state index is 12.3. The van der Waals surface area contributed by atoms with Crippen LogP contribution in [-0.2, 0) is 11.2 Å². The normalized spacial score (nSPS) is 16.7. The number of carbonyl (C=O) groups excluding carboxylic acids is 1. The predicted octanol–water partition coefficient (Wildman–Crippen LogP) is 3.11. The number of benzene rings is 2. The molecule has 0 spiro atoms. The summed E-state index contributed by atoms with van der Waals surface area (Å²) in [5.41, 5.74) is 7.92. The van der Waals surface area contributed by atoms with Gasteiger partial charge in [0.05, 0.1) is 17.3 Å². The SMILES string of the molecule is Nc1cc(Cl)ccc1NC(=O)C1COc2ccccc2C1. The first-order valence-corrected chi connectivity index (χ1v) is 7.08. The fourth-order valence-electron chi connectivity index (χ4n) is 2.38. The summed E-state index contributed by atoms with van der Waals surface area (Å²) in [7, 11) is 0. The molecule has 0 saturated heterocycles. The number of nitrogens with two attached hydrogens (primary N) is 1. The predicted molar refractivity (Wildman–Crippen MR) is 83.6 cm³/mol. The van der Waals surface area contributed by atoms with Gasteiger partial charge < -0.3 is 15.8 Å². The van der Waals surface area contributed by atoms with E-state index in [-0.39, 0.29) is 11.8 Å². The first-order valence-electron chi connectivity index (χ1n) is 6.70. The summed E-state index contributed by atoms with van der Waals surface area (Å²) in [6, 6.07) is 12.8. The molecule has 108 valence electrons. The zero-order chi connectivity index (χ0) is 14.8. The van der Waals surface area contributed by atoms with E-state index >= 15 is 0 Å². The van der Waals surface area contributed by atoms with Crippen molar-refractivity contribution in [3.8, 4) is 5.75 Å². The lowest BCUT2D eigenvalue weighted by Gasteiger charge is -2.24. The summed E-state index contributed by atoms with van der Waals surface area (Å²) >= 11 is 5.85. The van der Waals surface area contributed by atoms with Gasteiger partial charge in [0.25, 0.3) is 0 Å². The van der Waals surface area contributed by atoms with Crippen molar-refractivity contribution < 1.29 is 9.53 Å². The van der Waals surface area contributed by atoms with Crippen LogP contribution >= 0.6 is 11.6 Å². The number of para-hydroxylation sites is 1. The van der Waals surface area contributed by atoms with Crippen LogP contribution in [0.4, 0.5) is 11.4 Å². The lowest BCUT2D eigenvalue weighted by Crippen LogP contribution is -2.32. The number of fused-ring (bicyclic) bond motifs is 1. The molecule has 2 aromatic carbocycles. The van der Waals surface area contributed by atoms with E-state index in [1.807, 2.05) is 24.3 Å². The average molecular weight is 303 g/mol. The van der Waals surface area contributed by atoms with Gasteiger partial charge in [-0.3, -0.25) is 4.79 Å². The molecule has 1 amide bonds. The van der Waals surface area contributed by atoms with Gasteiger partial charge in [-0.1, -0.05) is 29.8 Å². The number of hydrogen-bond donors (Lipinski definition) is 2. The largest absolute Gasteiger partial charge is 0.492 e. The highest BCUT2D eigenvalue weighted by atomic mass is 35.5. The number of hydrogen-bond acceptors (Lipinski definition) is 3. The van der Waals surface area contributed by atoms with Gasteiger partial charge in [0.2, 0.25) is 5.91 Å². The highest BCUT2D eigenvalue weighted by molar-refractivity contribution is 6.31. The fraction of sp³-hybridized carbons (Fsp3) is 0.188. The van der Waals surface area contributed by atoms with Crippen LogP contribution in [-0.4, -0.2) is 12.5 Å². The van der Waals surface area contributed by atoms with Gasteiger partial charge in [0, 0.05) is 5.02 Å². The second-order valence-electron chi connectivity index (χ2n) is 5.04. The highest BCUT2D eigenvalue weighted by Crippen LogP contribution is 2.28. The molecule has 0 bridgehead atoms. The summed E-state index contributed by atoms with van der Waals surface area (Å²) < 4.78 is 5.63. The number of carbonyl (C=O) groups is 1. The first-order chi connectivity index (χ1) is 10.1. The third kappa shape index (κ3) is 2.95. The van der Waals surface area contributed by atoms with Gasteiger partial charge in [0.15, 0.2) is 0 Å². The Hall–Kier alpha value is -2.20. The van der Waals surface area contributed by atoms with Crippen molar-refractivity contribution in [3.05, 3.63) is 53.1 Å². The van der Waals surface area contributed by atoms with Crippen LogP contribution in [0.15, 0.2) is 42.5 Å². The number of amides is 1. The molecule has 0 saturated carbocycles. The quantitative estimate of drug-likeness (QED) is 0.838. The molecule has 21 heavy (non-hydrogen) atoms. The van der Waals surface area contributed by atoms with Crippen molar-refractivity contribution in [2.75, 3.05) is 17.7 Å². The molecule has 1 atom stereocenters. The van der Waals surface area contributed by atoms with Gasteiger partial charge in [-0.25, -0.2) is 0 Å². The van der Waals surface area contributed by atoms with Crippen molar-refractivity contribution in [2.24, 2.45) is 5.92 Å². The summed E-state index contributed by atoms with van der Waals surface area (Å²) in [5, 5.41) is 3.38. The third-order valence-electron chi connectivity index (χ3n) is 3.52. The minimum atomic E-state index is -0.227. The van der Waals surface area contributed by atoms with Gasteiger partial charge in [-0.2, -0.15) is 0 Å². The Labute approximate surface area is 127 Å². The Morgan fingerprint density at radius 1 is 1.29 bits per heavy atom. The second-order valence-corrected chi connectivity index (χ2v) is 5.48. The van der Waals surface area contributed by atoms with Gasteiger partial charge in [-0.15, -0.1) is 0 Å². The molecule has 0 aliphatic carbocycles.